The van der Waals surface area contributed by atoms with Gasteiger partial charge in [0.15, 0.2) is 0 Å². The highest BCUT2D eigenvalue weighted by Crippen LogP contribution is 2.35. The summed E-state index contributed by atoms with van der Waals surface area (Å²) in [5, 5.41) is 15.8. The predicted octanol–water partition coefficient (Wildman–Crippen LogP) is 1.34. The summed E-state index contributed by atoms with van der Waals surface area (Å²) in [7, 11) is 0. The van der Waals surface area contributed by atoms with E-state index >= 15 is 0 Å². The molecule has 0 saturated carbocycles. The number of thioether (sulfide) groups is 1. The van der Waals surface area contributed by atoms with Crippen molar-refractivity contribution in [2.24, 2.45) is 5.92 Å². The smallest absolute Gasteiger partial charge is 0.327 e. The van der Waals surface area contributed by atoms with Crippen molar-refractivity contribution in [1.29, 1.82) is 0 Å². The predicted molar refractivity (Wildman–Crippen MR) is 72.0 cm³/mol. The van der Waals surface area contributed by atoms with Gasteiger partial charge in [-0.3, -0.25) is 9.89 Å². The second-order valence-electron chi connectivity index (χ2n) is 4.97. The second kappa shape index (κ2) is 5.24. The fourth-order valence-corrected chi connectivity index (χ4v) is 3.62. The number of carboxylic acid groups (broad SMARTS) is 1. The SMILES string of the molecule is Cc1cc(C(=O)N2C(C(=O)O)CSC2C(C)C)n[nH]1. The van der Waals surface area contributed by atoms with Crippen molar-refractivity contribution in [3.05, 3.63) is 17.5 Å². The number of carbonyl (C=O) groups excluding carboxylic acids is 1. The third-order valence-corrected chi connectivity index (χ3v) is 4.67. The second-order valence-corrected chi connectivity index (χ2v) is 6.12. The first-order valence-electron chi connectivity index (χ1n) is 6.11. The minimum Gasteiger partial charge on any atom is -0.480 e. The van der Waals surface area contributed by atoms with Gasteiger partial charge in [-0.05, 0) is 18.9 Å². The van der Waals surface area contributed by atoms with Crippen molar-refractivity contribution in [3.63, 3.8) is 0 Å². The molecule has 0 aliphatic carbocycles. The van der Waals surface area contributed by atoms with Crippen LogP contribution in [0.5, 0.6) is 0 Å². The molecule has 2 rings (SSSR count). The number of H-pyrrole nitrogens is 1. The number of aromatic amines is 1. The molecule has 0 spiro atoms. The van der Waals surface area contributed by atoms with E-state index in [0.29, 0.717) is 5.75 Å². The summed E-state index contributed by atoms with van der Waals surface area (Å²) in [4.78, 5) is 25.2. The van der Waals surface area contributed by atoms with Crippen LogP contribution in [0.2, 0.25) is 0 Å². The zero-order chi connectivity index (χ0) is 14.2. The summed E-state index contributed by atoms with van der Waals surface area (Å²) in [6.45, 7) is 5.77. The van der Waals surface area contributed by atoms with Gasteiger partial charge in [-0.25, -0.2) is 4.79 Å². The molecule has 19 heavy (non-hydrogen) atoms. The average Bonchev–Trinajstić information content (AvgIpc) is 2.93. The lowest BCUT2D eigenvalue weighted by Gasteiger charge is -2.28. The number of amides is 1. The molecule has 0 radical (unpaired) electrons. The Labute approximate surface area is 115 Å². The van der Waals surface area contributed by atoms with Gasteiger partial charge in [0.2, 0.25) is 0 Å². The lowest BCUT2D eigenvalue weighted by molar-refractivity contribution is -0.141. The zero-order valence-corrected chi connectivity index (χ0v) is 11.9. The average molecular weight is 283 g/mol. The molecular formula is C12H17N3O3S. The summed E-state index contributed by atoms with van der Waals surface area (Å²) >= 11 is 1.51. The van der Waals surface area contributed by atoms with Crippen molar-refractivity contribution in [2.75, 3.05) is 5.75 Å². The van der Waals surface area contributed by atoms with Gasteiger partial charge in [-0.15, -0.1) is 11.8 Å². The van der Waals surface area contributed by atoms with Crippen LogP contribution in [0.3, 0.4) is 0 Å². The normalized spacial score (nSPS) is 23.1. The Morgan fingerprint density at radius 3 is 2.74 bits per heavy atom. The molecule has 2 N–H and O–H groups in total. The zero-order valence-electron chi connectivity index (χ0n) is 11.1. The number of aliphatic carboxylic acids is 1. The van der Waals surface area contributed by atoms with Gasteiger partial charge in [0.1, 0.15) is 11.7 Å². The Morgan fingerprint density at radius 2 is 2.26 bits per heavy atom. The van der Waals surface area contributed by atoms with E-state index in [2.05, 4.69) is 10.2 Å². The molecule has 7 heteroatoms. The van der Waals surface area contributed by atoms with Crippen molar-refractivity contribution in [1.82, 2.24) is 15.1 Å². The van der Waals surface area contributed by atoms with Gasteiger partial charge in [0, 0.05) is 11.4 Å². The highest BCUT2D eigenvalue weighted by molar-refractivity contribution is 8.00. The fourth-order valence-electron chi connectivity index (χ4n) is 2.15. The molecule has 6 nitrogen and oxygen atoms in total. The van der Waals surface area contributed by atoms with E-state index < -0.39 is 12.0 Å². The number of carboxylic acids is 1. The Kier molecular flexibility index (Phi) is 3.84. The summed E-state index contributed by atoms with van der Waals surface area (Å²) in [6.07, 6.45) is 0. The summed E-state index contributed by atoms with van der Waals surface area (Å²) < 4.78 is 0. The molecular weight excluding hydrogens is 266 g/mol. The number of hydrogen-bond acceptors (Lipinski definition) is 4. The van der Waals surface area contributed by atoms with E-state index in [0.717, 1.165) is 5.69 Å². The van der Waals surface area contributed by atoms with Gasteiger partial charge in [0.25, 0.3) is 5.91 Å². The van der Waals surface area contributed by atoms with Crippen LogP contribution in [0, 0.1) is 12.8 Å². The number of aromatic nitrogens is 2. The Hall–Kier alpha value is -1.50. The van der Waals surface area contributed by atoms with Gasteiger partial charge in [-0.2, -0.15) is 5.10 Å². The first-order chi connectivity index (χ1) is 8.91. The van der Waals surface area contributed by atoms with E-state index in [9.17, 15) is 14.7 Å². The highest BCUT2D eigenvalue weighted by Gasteiger charge is 2.43. The molecule has 1 saturated heterocycles. The van der Waals surface area contributed by atoms with Crippen LogP contribution in [0.4, 0.5) is 0 Å². The molecule has 1 aliphatic heterocycles. The van der Waals surface area contributed by atoms with E-state index in [1.807, 2.05) is 13.8 Å². The molecule has 1 amide bonds. The monoisotopic (exact) mass is 283 g/mol. The number of nitrogens with zero attached hydrogens (tertiary/aromatic N) is 2. The lowest BCUT2D eigenvalue weighted by Crippen LogP contribution is -2.47. The Bertz CT molecular complexity index is 500. The third kappa shape index (κ3) is 2.60. The van der Waals surface area contributed by atoms with E-state index in [1.165, 1.54) is 16.7 Å². The number of rotatable bonds is 3. The molecule has 2 unspecified atom stereocenters. The molecule has 0 aromatic carbocycles. The molecule has 1 aromatic rings. The largest absolute Gasteiger partial charge is 0.480 e. The standard InChI is InChI=1S/C12H17N3O3S/c1-6(2)11-15(9(5-19-11)12(17)18)10(16)8-4-7(3)13-14-8/h4,6,9,11H,5H2,1-3H3,(H,13,14)(H,17,18). The van der Waals surface area contributed by atoms with Crippen molar-refractivity contribution in [2.45, 2.75) is 32.2 Å². The van der Waals surface area contributed by atoms with E-state index in [1.54, 1.807) is 13.0 Å². The summed E-state index contributed by atoms with van der Waals surface area (Å²) in [6, 6.07) is 0.864. The van der Waals surface area contributed by atoms with Crippen LogP contribution in [0.1, 0.15) is 30.0 Å². The summed E-state index contributed by atoms with van der Waals surface area (Å²) in [5.41, 5.74) is 1.06. The molecule has 2 heterocycles. The Morgan fingerprint density at radius 1 is 1.58 bits per heavy atom. The Balaban J connectivity index is 2.30. The summed E-state index contributed by atoms with van der Waals surface area (Å²) in [5.74, 6) is -0.664. The topological polar surface area (TPSA) is 86.3 Å². The maximum atomic E-state index is 12.5. The van der Waals surface area contributed by atoms with Gasteiger partial charge >= 0.3 is 5.97 Å². The lowest BCUT2D eigenvalue weighted by atomic mass is 10.1. The van der Waals surface area contributed by atoms with Gasteiger partial charge in [0.05, 0.1) is 5.37 Å². The van der Waals surface area contributed by atoms with Gasteiger partial charge in [-0.1, -0.05) is 13.8 Å². The molecule has 1 aromatic heterocycles. The quantitative estimate of drug-likeness (QED) is 0.874. The minimum atomic E-state index is -0.962. The number of carbonyl (C=O) groups is 2. The molecule has 1 fully saturated rings. The van der Waals surface area contributed by atoms with Crippen LogP contribution >= 0.6 is 11.8 Å². The van der Waals surface area contributed by atoms with Crippen molar-refractivity contribution in [3.8, 4) is 0 Å². The van der Waals surface area contributed by atoms with Crippen LogP contribution in [0.15, 0.2) is 6.07 Å². The molecule has 104 valence electrons. The third-order valence-electron chi connectivity index (χ3n) is 3.05. The molecule has 1 aliphatic rings. The molecule has 2 atom stereocenters. The number of aryl methyl sites for hydroxylation is 1. The van der Waals surface area contributed by atoms with Crippen LogP contribution in [-0.4, -0.2) is 49.2 Å². The number of nitrogens with one attached hydrogen (secondary N) is 1. The minimum absolute atomic E-state index is 0.120. The maximum Gasteiger partial charge on any atom is 0.327 e. The molecule has 0 bridgehead atoms. The maximum absolute atomic E-state index is 12.5. The van der Waals surface area contributed by atoms with E-state index in [-0.39, 0.29) is 22.9 Å². The fraction of sp³-hybridized carbons (Fsp3) is 0.583. The van der Waals surface area contributed by atoms with Crippen LogP contribution < -0.4 is 0 Å². The first kappa shape index (κ1) is 13.9. The number of hydrogen-bond donors (Lipinski definition) is 2. The van der Waals surface area contributed by atoms with Crippen LogP contribution in [0.25, 0.3) is 0 Å². The van der Waals surface area contributed by atoms with Crippen molar-refractivity contribution >= 4 is 23.6 Å². The van der Waals surface area contributed by atoms with Gasteiger partial charge < -0.3 is 10.0 Å². The van der Waals surface area contributed by atoms with E-state index in [4.69, 9.17) is 0 Å². The van der Waals surface area contributed by atoms with Crippen LogP contribution in [-0.2, 0) is 4.79 Å². The highest BCUT2D eigenvalue weighted by atomic mass is 32.2. The first-order valence-corrected chi connectivity index (χ1v) is 7.15. The van der Waals surface area contributed by atoms with Crippen molar-refractivity contribution < 1.29 is 14.7 Å².